The molecule has 0 radical (unpaired) electrons. The monoisotopic (exact) mass is 446 g/mol. The van der Waals surface area contributed by atoms with Crippen LogP contribution in [-0.4, -0.2) is 34.2 Å². The number of nitrogens with zero attached hydrogens (tertiary/aromatic N) is 1. The molecule has 1 amide bonds. The fourth-order valence-electron chi connectivity index (χ4n) is 3.87. The van der Waals surface area contributed by atoms with Gasteiger partial charge in [0.05, 0.1) is 25.1 Å². The number of para-hydroxylation sites is 1. The largest absolute Gasteiger partial charge is 0.496 e. The van der Waals surface area contributed by atoms with Crippen LogP contribution < -0.4 is 14.4 Å². The number of anilines is 1. The van der Waals surface area contributed by atoms with Crippen molar-refractivity contribution in [3.8, 4) is 5.75 Å². The van der Waals surface area contributed by atoms with Gasteiger partial charge in [0.2, 0.25) is 15.9 Å². The van der Waals surface area contributed by atoms with Crippen molar-refractivity contribution in [1.29, 1.82) is 0 Å². The number of carbonyl (C=O) groups is 1. The van der Waals surface area contributed by atoms with E-state index in [1.165, 1.54) is 4.31 Å². The summed E-state index contributed by atoms with van der Waals surface area (Å²) in [5.41, 5.74) is 5.21. The van der Waals surface area contributed by atoms with Gasteiger partial charge in [-0.05, 0) is 73.6 Å². The van der Waals surface area contributed by atoms with Crippen LogP contribution >= 0.6 is 0 Å². The molecule has 0 aliphatic heterocycles. The maximum absolute atomic E-state index is 12.9. The van der Waals surface area contributed by atoms with Crippen molar-refractivity contribution in [2.24, 2.45) is 0 Å². The number of carbonyl (C=O) groups excluding carboxylic acids is 1. The van der Waals surface area contributed by atoms with Crippen LogP contribution in [0.2, 0.25) is 0 Å². The molecule has 0 aliphatic carbocycles. The van der Waals surface area contributed by atoms with E-state index in [0.29, 0.717) is 5.69 Å². The molecule has 0 saturated heterocycles. The Bertz CT molecular complexity index is 1040. The van der Waals surface area contributed by atoms with E-state index in [-0.39, 0.29) is 24.4 Å². The summed E-state index contributed by atoms with van der Waals surface area (Å²) in [6.45, 7) is 11.5. The lowest BCUT2D eigenvalue weighted by Crippen LogP contribution is -2.41. The van der Waals surface area contributed by atoms with E-state index in [9.17, 15) is 13.2 Å². The topological polar surface area (TPSA) is 75.7 Å². The highest BCUT2D eigenvalue weighted by Crippen LogP contribution is 2.32. The molecule has 170 valence electrons. The summed E-state index contributed by atoms with van der Waals surface area (Å²) in [5, 5.41) is 2.97. The molecule has 2 aromatic rings. The number of benzene rings is 2. The van der Waals surface area contributed by atoms with E-state index >= 15 is 0 Å². The number of rotatable bonds is 8. The van der Waals surface area contributed by atoms with Gasteiger partial charge in [0.25, 0.3) is 0 Å². The number of amides is 1. The van der Waals surface area contributed by atoms with Crippen LogP contribution in [0.5, 0.6) is 5.75 Å². The molecule has 0 fully saturated rings. The van der Waals surface area contributed by atoms with Crippen molar-refractivity contribution >= 4 is 21.6 Å². The highest BCUT2D eigenvalue weighted by Gasteiger charge is 2.25. The first kappa shape index (κ1) is 24.7. The zero-order chi connectivity index (χ0) is 23.5. The molecular weight excluding hydrogens is 412 g/mol. The Morgan fingerprint density at radius 3 is 2.10 bits per heavy atom. The predicted octanol–water partition coefficient (Wildman–Crippen LogP) is 4.39. The smallest absolute Gasteiger partial charge is 0.241 e. The third-order valence-electron chi connectivity index (χ3n) is 5.46. The van der Waals surface area contributed by atoms with Crippen LogP contribution in [0.1, 0.15) is 60.5 Å². The summed E-state index contributed by atoms with van der Waals surface area (Å²) in [4.78, 5) is 12.9. The lowest BCUT2D eigenvalue weighted by molar-refractivity contribution is -0.120. The third kappa shape index (κ3) is 5.79. The number of aryl methyl sites for hydroxylation is 3. The van der Waals surface area contributed by atoms with Crippen LogP contribution in [-0.2, 0) is 14.8 Å². The van der Waals surface area contributed by atoms with Gasteiger partial charge in [0, 0.05) is 0 Å². The van der Waals surface area contributed by atoms with Crippen LogP contribution in [0.25, 0.3) is 0 Å². The summed E-state index contributed by atoms with van der Waals surface area (Å²) in [5.74, 6) is 0.733. The van der Waals surface area contributed by atoms with Crippen LogP contribution in [0.4, 0.5) is 5.69 Å². The van der Waals surface area contributed by atoms with Gasteiger partial charge in [0.15, 0.2) is 0 Å². The Labute approximate surface area is 186 Å². The molecule has 0 bridgehead atoms. The van der Waals surface area contributed by atoms with Gasteiger partial charge in [-0.2, -0.15) is 0 Å². The number of hydrogen-bond acceptors (Lipinski definition) is 4. The van der Waals surface area contributed by atoms with E-state index < -0.39 is 10.0 Å². The Morgan fingerprint density at radius 2 is 1.61 bits per heavy atom. The van der Waals surface area contributed by atoms with Gasteiger partial charge in [-0.1, -0.05) is 32.0 Å². The minimum atomic E-state index is -3.64. The maximum atomic E-state index is 12.9. The molecule has 0 heterocycles. The Morgan fingerprint density at radius 1 is 1.03 bits per heavy atom. The molecule has 2 aromatic carbocycles. The lowest BCUT2D eigenvalue weighted by atomic mass is 9.93. The highest BCUT2D eigenvalue weighted by atomic mass is 32.2. The van der Waals surface area contributed by atoms with E-state index in [2.05, 4.69) is 25.2 Å². The fraction of sp³-hybridized carbons (Fsp3) is 0.458. The molecule has 6 nitrogen and oxygen atoms in total. The molecule has 0 spiro atoms. The number of hydrogen-bond donors (Lipinski definition) is 1. The van der Waals surface area contributed by atoms with Gasteiger partial charge in [-0.15, -0.1) is 0 Å². The number of ether oxygens (including phenoxy) is 1. The van der Waals surface area contributed by atoms with Gasteiger partial charge >= 0.3 is 0 Å². The molecular formula is C24H34N2O4S. The molecule has 31 heavy (non-hydrogen) atoms. The van der Waals surface area contributed by atoms with E-state index in [1.54, 1.807) is 7.11 Å². The number of methoxy groups -OCH3 is 1. The first-order valence-corrected chi connectivity index (χ1v) is 12.2. The normalized spacial score (nSPS) is 12.5. The first-order valence-electron chi connectivity index (χ1n) is 10.4. The van der Waals surface area contributed by atoms with Gasteiger partial charge in [0.1, 0.15) is 12.3 Å². The molecule has 1 atom stereocenters. The Kier molecular flexibility index (Phi) is 7.76. The van der Waals surface area contributed by atoms with Crippen molar-refractivity contribution < 1.29 is 17.9 Å². The van der Waals surface area contributed by atoms with Crippen molar-refractivity contribution in [3.05, 3.63) is 58.1 Å². The molecule has 7 heteroatoms. The maximum Gasteiger partial charge on any atom is 0.241 e. The summed E-state index contributed by atoms with van der Waals surface area (Å²) >= 11 is 0. The van der Waals surface area contributed by atoms with E-state index in [4.69, 9.17) is 4.74 Å². The zero-order valence-corrected chi connectivity index (χ0v) is 20.6. The average Bonchev–Trinajstić information content (AvgIpc) is 2.65. The average molecular weight is 447 g/mol. The standard InChI is InChI=1S/C24H34N2O4S/c1-15(2)20-13-21(18(5)12-22(20)30-7)19(6)25-23(27)14-26(31(8,28)29)24-16(3)10-9-11-17(24)4/h9-13,15,19H,14H2,1-8H3,(H,25,27)/t19-/m0/s1. The van der Waals surface area contributed by atoms with Crippen molar-refractivity contribution in [3.63, 3.8) is 0 Å². The minimum Gasteiger partial charge on any atom is -0.496 e. The summed E-state index contributed by atoms with van der Waals surface area (Å²) in [7, 11) is -1.99. The number of sulfonamides is 1. The Hall–Kier alpha value is -2.54. The van der Waals surface area contributed by atoms with E-state index in [0.717, 1.165) is 39.8 Å². The van der Waals surface area contributed by atoms with Gasteiger partial charge in [-0.25, -0.2) is 8.42 Å². The first-order chi connectivity index (χ1) is 14.4. The van der Waals surface area contributed by atoms with Crippen molar-refractivity contribution in [2.75, 3.05) is 24.2 Å². The second-order valence-corrected chi connectivity index (χ2v) is 10.3. The zero-order valence-electron chi connectivity index (χ0n) is 19.7. The highest BCUT2D eigenvalue weighted by molar-refractivity contribution is 7.92. The van der Waals surface area contributed by atoms with Gasteiger partial charge < -0.3 is 10.1 Å². The van der Waals surface area contributed by atoms with Crippen LogP contribution in [0, 0.1) is 20.8 Å². The number of nitrogens with one attached hydrogen (secondary N) is 1. The SMILES string of the molecule is COc1cc(C)c([C@H](C)NC(=O)CN(c2c(C)cccc2C)S(C)(=O)=O)cc1C(C)C. The van der Waals surface area contributed by atoms with E-state index in [1.807, 2.05) is 52.0 Å². The third-order valence-corrected chi connectivity index (χ3v) is 6.57. The molecule has 0 aromatic heterocycles. The van der Waals surface area contributed by atoms with Crippen LogP contribution in [0.3, 0.4) is 0 Å². The quantitative estimate of drug-likeness (QED) is 0.653. The summed E-state index contributed by atoms with van der Waals surface area (Å²) in [6, 6.07) is 9.31. The summed E-state index contributed by atoms with van der Waals surface area (Å²) < 4.78 is 31.7. The predicted molar refractivity (Wildman–Crippen MR) is 126 cm³/mol. The minimum absolute atomic E-state index is 0.266. The lowest BCUT2D eigenvalue weighted by Gasteiger charge is -2.27. The second-order valence-electron chi connectivity index (χ2n) is 8.40. The Balaban J connectivity index is 2.31. The second kappa shape index (κ2) is 9.73. The molecule has 0 unspecified atom stereocenters. The van der Waals surface area contributed by atoms with Crippen molar-refractivity contribution in [2.45, 2.75) is 53.5 Å². The molecule has 0 saturated carbocycles. The van der Waals surface area contributed by atoms with Crippen molar-refractivity contribution in [1.82, 2.24) is 5.32 Å². The van der Waals surface area contributed by atoms with Crippen LogP contribution in [0.15, 0.2) is 30.3 Å². The molecule has 0 aliphatic rings. The molecule has 1 N–H and O–H groups in total. The molecule has 2 rings (SSSR count). The van der Waals surface area contributed by atoms with Gasteiger partial charge in [-0.3, -0.25) is 9.10 Å². The fourth-order valence-corrected chi connectivity index (χ4v) is 4.84. The summed E-state index contributed by atoms with van der Waals surface area (Å²) in [6.07, 6.45) is 1.12.